The summed E-state index contributed by atoms with van der Waals surface area (Å²) in [6, 6.07) is 16.2. The predicted molar refractivity (Wildman–Crippen MR) is 149 cm³/mol. The van der Waals surface area contributed by atoms with Crippen LogP contribution in [0.25, 0.3) is 11.1 Å². The molecule has 1 fully saturated rings. The lowest BCUT2D eigenvalue weighted by molar-refractivity contribution is -0.274. The molecule has 0 saturated carbocycles. The van der Waals surface area contributed by atoms with Gasteiger partial charge in [-0.2, -0.15) is 0 Å². The highest BCUT2D eigenvalue weighted by Crippen LogP contribution is 2.42. The molecule has 1 atom stereocenters. The second-order valence-electron chi connectivity index (χ2n) is 10.1. The van der Waals surface area contributed by atoms with Crippen molar-refractivity contribution >= 4 is 11.1 Å². The average Bonchev–Trinajstić information content (AvgIpc) is 3.27. The Bertz CT molecular complexity index is 1350. The summed E-state index contributed by atoms with van der Waals surface area (Å²) in [5.41, 5.74) is 4.14. The first-order chi connectivity index (χ1) is 19.2. The van der Waals surface area contributed by atoms with Gasteiger partial charge in [0.05, 0.1) is 6.67 Å². The van der Waals surface area contributed by atoms with Crippen LogP contribution < -0.4 is 9.47 Å². The fourth-order valence-corrected chi connectivity index (χ4v) is 5.57. The van der Waals surface area contributed by atoms with Crippen molar-refractivity contribution in [1.82, 2.24) is 4.90 Å². The molecule has 1 saturated heterocycles. The molecule has 5 rings (SSSR count). The number of phenols is 1. The standard InChI is InChI=1S/C31H30F5NO3.CH4/c32-16-2-17-37-18-15-24(19-37)39-22-9-7-21(8-10-22)29-25(20-5-11-23(12-6-20)40-31(34,35)36)3-1-4-27-26(29)13-14-28(38)30(27)33;/h5-14,24,38H,1-4,15-19H2;1H4/t24-;/m0./s1. The van der Waals surface area contributed by atoms with E-state index in [2.05, 4.69) is 9.64 Å². The fourth-order valence-electron chi connectivity index (χ4n) is 5.57. The lowest BCUT2D eigenvalue weighted by Crippen LogP contribution is -2.26. The molecule has 3 aromatic carbocycles. The maximum absolute atomic E-state index is 15.1. The van der Waals surface area contributed by atoms with E-state index >= 15 is 4.39 Å². The van der Waals surface area contributed by atoms with Crippen LogP contribution in [0, 0.1) is 5.82 Å². The molecule has 2 aliphatic rings. The molecule has 4 nitrogen and oxygen atoms in total. The zero-order valence-electron chi connectivity index (χ0n) is 21.8. The van der Waals surface area contributed by atoms with E-state index in [1.165, 1.54) is 18.2 Å². The van der Waals surface area contributed by atoms with Crippen molar-refractivity contribution in [2.45, 2.75) is 52.0 Å². The number of hydrogen-bond donors (Lipinski definition) is 1. The molecular weight excluding hydrogens is 541 g/mol. The molecule has 0 aromatic heterocycles. The van der Waals surface area contributed by atoms with Crippen molar-refractivity contribution < 1.29 is 36.5 Å². The Kier molecular flexibility index (Phi) is 9.58. The van der Waals surface area contributed by atoms with Crippen molar-refractivity contribution in [3.8, 4) is 17.2 Å². The van der Waals surface area contributed by atoms with Crippen LogP contribution in [0.15, 0.2) is 60.7 Å². The van der Waals surface area contributed by atoms with Crippen LogP contribution in [0.3, 0.4) is 0 Å². The number of aromatic hydroxyl groups is 1. The molecule has 0 unspecified atom stereocenters. The van der Waals surface area contributed by atoms with Gasteiger partial charge in [-0.15, -0.1) is 13.2 Å². The monoisotopic (exact) mass is 575 g/mol. The highest BCUT2D eigenvalue weighted by atomic mass is 19.4. The van der Waals surface area contributed by atoms with E-state index in [1.807, 2.05) is 24.3 Å². The van der Waals surface area contributed by atoms with Crippen molar-refractivity contribution in [3.63, 3.8) is 0 Å². The van der Waals surface area contributed by atoms with E-state index in [0.29, 0.717) is 54.7 Å². The summed E-state index contributed by atoms with van der Waals surface area (Å²) in [6.45, 7) is 1.97. The maximum Gasteiger partial charge on any atom is 0.573 e. The minimum atomic E-state index is -4.79. The second kappa shape index (κ2) is 12.9. The average molecular weight is 576 g/mol. The van der Waals surface area contributed by atoms with Crippen LogP contribution in [-0.2, 0) is 6.42 Å². The number of likely N-dealkylation sites (tertiary alicyclic amines) is 1. The normalized spacial score (nSPS) is 17.5. The van der Waals surface area contributed by atoms with Gasteiger partial charge in [-0.25, -0.2) is 4.39 Å². The first kappa shape index (κ1) is 30.4. The fraction of sp³-hybridized carbons (Fsp3) is 0.375. The molecule has 41 heavy (non-hydrogen) atoms. The van der Waals surface area contributed by atoms with E-state index in [0.717, 1.165) is 36.2 Å². The number of allylic oxidation sites excluding steroid dienone is 1. The molecule has 0 radical (unpaired) electrons. The van der Waals surface area contributed by atoms with Crippen LogP contribution in [0.4, 0.5) is 22.0 Å². The third-order valence-electron chi connectivity index (χ3n) is 7.37. The Morgan fingerprint density at radius 3 is 2.27 bits per heavy atom. The lowest BCUT2D eigenvalue weighted by Gasteiger charge is -2.19. The summed E-state index contributed by atoms with van der Waals surface area (Å²) in [5, 5.41) is 10.0. The van der Waals surface area contributed by atoms with E-state index < -0.39 is 17.9 Å². The lowest BCUT2D eigenvalue weighted by atomic mass is 9.87. The van der Waals surface area contributed by atoms with Crippen molar-refractivity contribution in [1.29, 1.82) is 0 Å². The SMILES string of the molecule is C.Oc1ccc2c(c1F)CCCC(c1ccc(OC(F)(F)F)cc1)=C2c1ccc(O[C@H]2CCN(CCCF)C2)cc1. The van der Waals surface area contributed by atoms with Gasteiger partial charge in [0.25, 0.3) is 0 Å². The molecule has 0 amide bonds. The predicted octanol–water partition coefficient (Wildman–Crippen LogP) is 8.17. The number of ether oxygens (including phenoxy) is 2. The van der Waals surface area contributed by atoms with E-state index in [-0.39, 0.29) is 26.0 Å². The zero-order valence-corrected chi connectivity index (χ0v) is 21.8. The topological polar surface area (TPSA) is 41.9 Å². The Labute approximate surface area is 237 Å². The molecule has 1 aliphatic carbocycles. The van der Waals surface area contributed by atoms with Gasteiger partial charge in [0.1, 0.15) is 17.6 Å². The van der Waals surface area contributed by atoms with Gasteiger partial charge < -0.3 is 14.6 Å². The van der Waals surface area contributed by atoms with Gasteiger partial charge in [0.2, 0.25) is 0 Å². The first-order valence-electron chi connectivity index (χ1n) is 13.4. The Hall–Kier alpha value is -3.59. The largest absolute Gasteiger partial charge is 0.573 e. The summed E-state index contributed by atoms with van der Waals surface area (Å²) in [4.78, 5) is 2.19. The molecule has 1 heterocycles. The molecule has 0 bridgehead atoms. The molecule has 1 N–H and O–H groups in total. The van der Waals surface area contributed by atoms with Gasteiger partial charge >= 0.3 is 6.36 Å². The number of phenolic OH excluding ortho intramolecular Hbond substituents is 1. The molecule has 3 aromatic rings. The number of nitrogens with zero attached hydrogens (tertiary/aromatic N) is 1. The molecule has 0 spiro atoms. The van der Waals surface area contributed by atoms with Gasteiger partial charge in [-0.1, -0.05) is 37.8 Å². The van der Waals surface area contributed by atoms with Crippen molar-refractivity contribution in [2.24, 2.45) is 0 Å². The molecule has 9 heteroatoms. The summed E-state index contributed by atoms with van der Waals surface area (Å²) in [5.74, 6) is -0.720. The first-order valence-corrected chi connectivity index (χ1v) is 13.4. The summed E-state index contributed by atoms with van der Waals surface area (Å²) < 4.78 is 75.8. The van der Waals surface area contributed by atoms with Crippen molar-refractivity contribution in [3.05, 3.63) is 88.7 Å². The minimum Gasteiger partial charge on any atom is -0.505 e. The summed E-state index contributed by atoms with van der Waals surface area (Å²) in [7, 11) is 0. The molecular formula is C32H34F5NO3. The van der Waals surface area contributed by atoms with Crippen LogP contribution in [0.2, 0.25) is 0 Å². The Morgan fingerprint density at radius 1 is 0.902 bits per heavy atom. The number of rotatable bonds is 8. The van der Waals surface area contributed by atoms with E-state index in [4.69, 9.17) is 4.74 Å². The van der Waals surface area contributed by atoms with Crippen LogP contribution in [0.1, 0.15) is 55.4 Å². The zero-order chi connectivity index (χ0) is 28.3. The smallest absolute Gasteiger partial charge is 0.505 e. The summed E-state index contributed by atoms with van der Waals surface area (Å²) >= 11 is 0. The van der Waals surface area contributed by atoms with Gasteiger partial charge in [-0.05, 0) is 95.8 Å². The minimum absolute atomic E-state index is 0. The van der Waals surface area contributed by atoms with Crippen LogP contribution >= 0.6 is 0 Å². The van der Waals surface area contributed by atoms with E-state index in [9.17, 15) is 22.7 Å². The third kappa shape index (κ3) is 7.19. The van der Waals surface area contributed by atoms with E-state index in [1.54, 1.807) is 18.2 Å². The van der Waals surface area contributed by atoms with Crippen LogP contribution in [0.5, 0.6) is 17.2 Å². The third-order valence-corrected chi connectivity index (χ3v) is 7.37. The van der Waals surface area contributed by atoms with Crippen LogP contribution in [-0.4, -0.2) is 48.8 Å². The molecule has 220 valence electrons. The highest BCUT2D eigenvalue weighted by molar-refractivity contribution is 6.00. The molecule has 1 aliphatic heterocycles. The van der Waals surface area contributed by atoms with Gasteiger partial charge in [0.15, 0.2) is 11.6 Å². The number of fused-ring (bicyclic) bond motifs is 1. The maximum atomic E-state index is 15.1. The second-order valence-corrected chi connectivity index (χ2v) is 10.1. The Morgan fingerprint density at radius 2 is 1.59 bits per heavy atom. The Balaban J connectivity index is 0.00000387. The van der Waals surface area contributed by atoms with Gasteiger partial charge in [0, 0.05) is 19.6 Å². The number of hydrogen-bond acceptors (Lipinski definition) is 4. The van der Waals surface area contributed by atoms with Gasteiger partial charge in [-0.3, -0.25) is 9.29 Å². The number of halogens is 5. The van der Waals surface area contributed by atoms with Crippen molar-refractivity contribution in [2.75, 3.05) is 26.3 Å². The number of benzene rings is 3. The number of alkyl halides is 4. The quantitative estimate of drug-likeness (QED) is 0.275. The summed E-state index contributed by atoms with van der Waals surface area (Å²) in [6.07, 6.45) is -1.87. The highest BCUT2D eigenvalue weighted by Gasteiger charge is 2.31.